The Morgan fingerprint density at radius 3 is 2.67 bits per heavy atom. The van der Waals surface area contributed by atoms with E-state index in [0.717, 1.165) is 0 Å². The van der Waals surface area contributed by atoms with E-state index in [1.807, 2.05) is 24.3 Å². The van der Waals surface area contributed by atoms with E-state index in [4.69, 9.17) is 10.00 Å². The molecule has 0 bridgehead atoms. The second-order valence-electron chi connectivity index (χ2n) is 2.75. The number of nitrogens with zero attached hydrogens (tertiary/aromatic N) is 3. The first kappa shape index (κ1) is 9.16. The quantitative estimate of drug-likeness (QED) is 0.740. The van der Waals surface area contributed by atoms with E-state index in [-0.39, 0.29) is 11.7 Å². The summed E-state index contributed by atoms with van der Waals surface area (Å²) in [6.07, 6.45) is 1.49. The normalized spacial score (nSPS) is 9.27. The molecule has 0 saturated carbocycles. The van der Waals surface area contributed by atoms with Crippen molar-refractivity contribution in [3.05, 3.63) is 48.3 Å². The molecule has 15 heavy (non-hydrogen) atoms. The van der Waals surface area contributed by atoms with Crippen LogP contribution >= 0.6 is 0 Å². The summed E-state index contributed by atoms with van der Waals surface area (Å²) in [5.41, 5.74) is 0.288. The van der Waals surface area contributed by atoms with E-state index in [1.165, 1.54) is 12.3 Å². The van der Waals surface area contributed by atoms with Crippen LogP contribution in [0, 0.1) is 11.3 Å². The first-order valence-electron chi connectivity index (χ1n) is 4.34. The van der Waals surface area contributed by atoms with Crippen LogP contribution in [0.1, 0.15) is 5.69 Å². The third-order valence-electron chi connectivity index (χ3n) is 1.70. The van der Waals surface area contributed by atoms with Gasteiger partial charge in [-0.2, -0.15) is 10.2 Å². The minimum absolute atomic E-state index is 0.181. The van der Waals surface area contributed by atoms with E-state index < -0.39 is 0 Å². The van der Waals surface area contributed by atoms with Gasteiger partial charge in [0.25, 0.3) is 0 Å². The number of nitriles is 1. The molecule has 0 radical (unpaired) electrons. The second kappa shape index (κ2) is 4.20. The van der Waals surface area contributed by atoms with Gasteiger partial charge in [0.15, 0.2) is 0 Å². The second-order valence-corrected chi connectivity index (χ2v) is 2.75. The molecule has 0 atom stereocenters. The summed E-state index contributed by atoms with van der Waals surface area (Å²) >= 11 is 0. The van der Waals surface area contributed by atoms with Crippen molar-refractivity contribution in [3.63, 3.8) is 0 Å². The van der Waals surface area contributed by atoms with Crippen molar-refractivity contribution >= 4 is 0 Å². The number of hydrogen-bond donors (Lipinski definition) is 0. The van der Waals surface area contributed by atoms with E-state index in [9.17, 15) is 0 Å². The maximum absolute atomic E-state index is 8.63. The van der Waals surface area contributed by atoms with Crippen molar-refractivity contribution in [1.82, 2.24) is 9.97 Å². The topological polar surface area (TPSA) is 58.8 Å². The number of para-hydroxylation sites is 1. The Hall–Kier alpha value is -2.41. The van der Waals surface area contributed by atoms with Gasteiger partial charge >= 0.3 is 6.01 Å². The molecule has 1 heterocycles. The van der Waals surface area contributed by atoms with Gasteiger partial charge in [0.05, 0.1) is 0 Å². The molecule has 0 amide bonds. The molecule has 0 aliphatic rings. The molecule has 0 fully saturated rings. The summed E-state index contributed by atoms with van der Waals surface area (Å²) in [4.78, 5) is 7.79. The van der Waals surface area contributed by atoms with Crippen LogP contribution in [0.25, 0.3) is 0 Å². The van der Waals surface area contributed by atoms with Gasteiger partial charge in [0.1, 0.15) is 17.5 Å². The Morgan fingerprint density at radius 1 is 1.13 bits per heavy atom. The van der Waals surface area contributed by atoms with Gasteiger partial charge in [-0.05, 0) is 18.2 Å². The molecular formula is C11H7N3O. The van der Waals surface area contributed by atoms with Crippen molar-refractivity contribution < 1.29 is 4.74 Å². The predicted octanol–water partition coefficient (Wildman–Crippen LogP) is 2.14. The number of aromatic nitrogens is 2. The molecule has 0 saturated heterocycles. The number of benzene rings is 1. The fourth-order valence-electron chi connectivity index (χ4n) is 1.05. The van der Waals surface area contributed by atoms with Crippen LogP contribution in [0.15, 0.2) is 42.6 Å². The van der Waals surface area contributed by atoms with Crippen LogP contribution in [0.3, 0.4) is 0 Å². The Balaban J connectivity index is 2.22. The maximum Gasteiger partial charge on any atom is 0.323 e. The molecule has 2 rings (SSSR count). The van der Waals surface area contributed by atoms with Gasteiger partial charge in [0.2, 0.25) is 0 Å². The third-order valence-corrected chi connectivity index (χ3v) is 1.70. The summed E-state index contributed by atoms with van der Waals surface area (Å²) in [6.45, 7) is 0. The lowest BCUT2D eigenvalue weighted by Crippen LogP contribution is -1.92. The van der Waals surface area contributed by atoms with Crippen LogP contribution < -0.4 is 4.74 Å². The highest BCUT2D eigenvalue weighted by Crippen LogP contribution is 2.15. The molecule has 0 aliphatic carbocycles. The summed E-state index contributed by atoms with van der Waals surface area (Å²) in [5, 5.41) is 8.63. The number of ether oxygens (including phenoxy) is 1. The SMILES string of the molecule is N#Cc1ccnc(Oc2ccccc2)n1. The molecule has 2 aromatic rings. The van der Waals surface area contributed by atoms with E-state index in [0.29, 0.717) is 5.75 Å². The van der Waals surface area contributed by atoms with E-state index >= 15 is 0 Å². The lowest BCUT2D eigenvalue weighted by Gasteiger charge is -2.01. The fourth-order valence-corrected chi connectivity index (χ4v) is 1.05. The van der Waals surface area contributed by atoms with Crippen molar-refractivity contribution in [2.75, 3.05) is 0 Å². The molecule has 0 N–H and O–H groups in total. The molecule has 1 aromatic heterocycles. The molecule has 4 nitrogen and oxygen atoms in total. The Labute approximate surface area is 86.8 Å². The largest absolute Gasteiger partial charge is 0.424 e. The standard InChI is InChI=1S/C11H7N3O/c12-8-9-6-7-13-11(14-9)15-10-4-2-1-3-5-10/h1-7H. The molecule has 1 aromatic carbocycles. The van der Waals surface area contributed by atoms with Crippen molar-refractivity contribution in [1.29, 1.82) is 5.26 Å². The van der Waals surface area contributed by atoms with Gasteiger partial charge in [0, 0.05) is 6.20 Å². The highest BCUT2D eigenvalue weighted by Gasteiger charge is 2.00. The van der Waals surface area contributed by atoms with Crippen LogP contribution in [-0.2, 0) is 0 Å². The lowest BCUT2D eigenvalue weighted by molar-refractivity contribution is 0.441. The monoisotopic (exact) mass is 197 g/mol. The van der Waals surface area contributed by atoms with Gasteiger partial charge in [-0.25, -0.2) is 4.98 Å². The Bertz CT molecular complexity index is 491. The Morgan fingerprint density at radius 2 is 1.93 bits per heavy atom. The first-order chi connectivity index (χ1) is 7.38. The molecular weight excluding hydrogens is 190 g/mol. The van der Waals surface area contributed by atoms with Crippen LogP contribution in [0.2, 0.25) is 0 Å². The lowest BCUT2D eigenvalue weighted by atomic mass is 10.3. The van der Waals surface area contributed by atoms with Gasteiger partial charge in [-0.3, -0.25) is 0 Å². The zero-order chi connectivity index (χ0) is 10.5. The summed E-state index contributed by atoms with van der Waals surface area (Å²) in [7, 11) is 0. The number of rotatable bonds is 2. The zero-order valence-corrected chi connectivity index (χ0v) is 7.79. The average Bonchev–Trinajstić information content (AvgIpc) is 2.31. The zero-order valence-electron chi connectivity index (χ0n) is 7.79. The van der Waals surface area contributed by atoms with Crippen LogP contribution in [0.5, 0.6) is 11.8 Å². The molecule has 4 heteroatoms. The molecule has 0 spiro atoms. The van der Waals surface area contributed by atoms with E-state index in [1.54, 1.807) is 12.1 Å². The van der Waals surface area contributed by atoms with Gasteiger partial charge in [-0.1, -0.05) is 18.2 Å². The van der Waals surface area contributed by atoms with Gasteiger partial charge in [-0.15, -0.1) is 0 Å². The number of hydrogen-bond acceptors (Lipinski definition) is 4. The summed E-state index contributed by atoms with van der Waals surface area (Å²) in [5.74, 6) is 0.646. The fraction of sp³-hybridized carbons (Fsp3) is 0. The smallest absolute Gasteiger partial charge is 0.323 e. The highest BCUT2D eigenvalue weighted by atomic mass is 16.5. The van der Waals surface area contributed by atoms with Crippen molar-refractivity contribution in [2.45, 2.75) is 0 Å². The van der Waals surface area contributed by atoms with E-state index in [2.05, 4.69) is 9.97 Å². The molecule has 0 unspecified atom stereocenters. The minimum Gasteiger partial charge on any atom is -0.424 e. The highest BCUT2D eigenvalue weighted by molar-refractivity contribution is 5.26. The van der Waals surface area contributed by atoms with Crippen LogP contribution in [-0.4, -0.2) is 9.97 Å². The maximum atomic E-state index is 8.63. The Kier molecular flexibility index (Phi) is 2.56. The first-order valence-corrected chi connectivity index (χ1v) is 4.34. The van der Waals surface area contributed by atoms with Crippen LogP contribution in [0.4, 0.5) is 0 Å². The summed E-state index contributed by atoms with van der Waals surface area (Å²) in [6, 6.07) is 12.8. The average molecular weight is 197 g/mol. The third kappa shape index (κ3) is 2.29. The van der Waals surface area contributed by atoms with Crippen molar-refractivity contribution in [3.8, 4) is 17.8 Å². The molecule has 0 aliphatic heterocycles. The predicted molar refractivity (Wildman–Crippen MR) is 53.3 cm³/mol. The summed E-state index contributed by atoms with van der Waals surface area (Å²) < 4.78 is 5.35. The molecule has 72 valence electrons. The van der Waals surface area contributed by atoms with Gasteiger partial charge < -0.3 is 4.74 Å². The van der Waals surface area contributed by atoms with Crippen molar-refractivity contribution in [2.24, 2.45) is 0 Å². The minimum atomic E-state index is 0.181.